The molecule has 2 aromatic carbocycles. The van der Waals surface area contributed by atoms with Crippen LogP contribution in [-0.2, 0) is 11.3 Å². The Morgan fingerprint density at radius 1 is 1.24 bits per heavy atom. The van der Waals surface area contributed by atoms with Crippen molar-refractivity contribution < 1.29 is 9.53 Å². The molecule has 0 aliphatic carbocycles. The average molecular weight is 575 g/mol. The molecule has 158 valence electrons. The van der Waals surface area contributed by atoms with Crippen LogP contribution in [0.3, 0.4) is 0 Å². The predicted molar refractivity (Wildman–Crippen MR) is 133 cm³/mol. The Labute approximate surface area is 198 Å². The molecule has 0 saturated heterocycles. The van der Waals surface area contributed by atoms with Gasteiger partial charge >= 0.3 is 0 Å². The van der Waals surface area contributed by atoms with Gasteiger partial charge < -0.3 is 20.3 Å². The molecule has 0 aromatic heterocycles. The monoisotopic (exact) mass is 574 g/mol. The van der Waals surface area contributed by atoms with Crippen molar-refractivity contribution in [2.75, 3.05) is 33.1 Å². The molecule has 0 unspecified atom stereocenters. The van der Waals surface area contributed by atoms with Crippen molar-refractivity contribution in [2.45, 2.75) is 19.9 Å². The molecule has 0 aliphatic heterocycles. The van der Waals surface area contributed by atoms with Gasteiger partial charge in [-0.3, -0.25) is 9.79 Å². The summed E-state index contributed by atoms with van der Waals surface area (Å²) < 4.78 is 6.40. The normalized spacial score (nSPS) is 10.7. The van der Waals surface area contributed by atoms with E-state index in [1.54, 1.807) is 14.2 Å². The summed E-state index contributed by atoms with van der Waals surface area (Å²) in [6.45, 7) is 3.10. The second-order valence-corrected chi connectivity index (χ2v) is 7.31. The summed E-state index contributed by atoms with van der Waals surface area (Å²) in [4.78, 5) is 18.5. The van der Waals surface area contributed by atoms with Gasteiger partial charge in [-0.15, -0.1) is 24.0 Å². The number of carbonyl (C=O) groups excluding carboxylic acids is 1. The highest BCUT2D eigenvalue weighted by molar-refractivity contribution is 14.0. The number of rotatable bonds is 7. The van der Waals surface area contributed by atoms with Crippen LogP contribution < -0.4 is 15.4 Å². The van der Waals surface area contributed by atoms with Crippen LogP contribution in [0.15, 0.2) is 51.9 Å². The van der Waals surface area contributed by atoms with E-state index in [1.807, 2.05) is 61.3 Å². The van der Waals surface area contributed by atoms with Crippen molar-refractivity contribution in [1.29, 1.82) is 0 Å². The number of hydrogen-bond donors (Lipinski definition) is 2. The third kappa shape index (κ3) is 7.85. The van der Waals surface area contributed by atoms with E-state index in [-0.39, 0.29) is 29.9 Å². The first-order valence-corrected chi connectivity index (χ1v) is 9.83. The minimum absolute atomic E-state index is 0. The van der Waals surface area contributed by atoms with E-state index in [9.17, 15) is 4.79 Å². The predicted octanol–water partition coefficient (Wildman–Crippen LogP) is 4.42. The molecule has 0 radical (unpaired) electrons. The number of nitrogens with one attached hydrogen (secondary N) is 2. The maximum atomic E-state index is 12.2. The van der Waals surface area contributed by atoms with Crippen LogP contribution in [0, 0.1) is 6.92 Å². The summed E-state index contributed by atoms with van der Waals surface area (Å²) in [5, 5.41) is 6.18. The lowest BCUT2D eigenvalue weighted by atomic mass is 10.2. The Kier molecular flexibility index (Phi) is 11.0. The summed E-state index contributed by atoms with van der Waals surface area (Å²) in [5.41, 5.74) is 2.91. The van der Waals surface area contributed by atoms with Crippen LogP contribution in [-0.4, -0.2) is 44.5 Å². The fraction of sp³-hybridized carbons (Fsp3) is 0.333. The van der Waals surface area contributed by atoms with Crippen LogP contribution in [0.1, 0.15) is 17.5 Å². The number of para-hydroxylation sites is 1. The zero-order valence-electron chi connectivity index (χ0n) is 17.2. The second-order valence-electron chi connectivity index (χ2n) is 6.40. The summed E-state index contributed by atoms with van der Waals surface area (Å²) in [5.74, 6) is 1.52. The van der Waals surface area contributed by atoms with Gasteiger partial charge in [0.1, 0.15) is 5.75 Å². The van der Waals surface area contributed by atoms with Gasteiger partial charge in [0.15, 0.2) is 5.96 Å². The molecule has 0 bridgehead atoms. The Morgan fingerprint density at radius 3 is 2.62 bits per heavy atom. The fourth-order valence-corrected chi connectivity index (χ4v) is 3.29. The molecular formula is C21H28BrIN4O2. The molecule has 6 nitrogen and oxygen atoms in total. The summed E-state index contributed by atoms with van der Waals surface area (Å²) in [7, 11) is 5.34. The van der Waals surface area contributed by atoms with Gasteiger partial charge in [-0.2, -0.15) is 0 Å². The highest BCUT2D eigenvalue weighted by Gasteiger charge is 2.11. The Balaban J connectivity index is 0.00000420. The third-order valence-corrected chi connectivity index (χ3v) is 4.76. The Bertz CT molecular complexity index is 845. The number of benzene rings is 2. The lowest BCUT2D eigenvalue weighted by Crippen LogP contribution is -2.39. The number of nitrogens with zero attached hydrogens (tertiary/aromatic N) is 2. The molecule has 8 heteroatoms. The molecule has 1 amide bonds. The fourth-order valence-electron chi connectivity index (χ4n) is 2.82. The number of guanidine groups is 1. The van der Waals surface area contributed by atoms with Crippen LogP contribution in [0.25, 0.3) is 0 Å². The summed E-state index contributed by atoms with van der Waals surface area (Å²) in [6, 6.07) is 13.7. The van der Waals surface area contributed by atoms with Gasteiger partial charge in [0.25, 0.3) is 0 Å². The van der Waals surface area contributed by atoms with Crippen LogP contribution in [0.2, 0.25) is 0 Å². The number of ether oxygens (including phenoxy) is 1. The van der Waals surface area contributed by atoms with Crippen LogP contribution in [0.4, 0.5) is 5.69 Å². The number of methoxy groups -OCH3 is 1. The van der Waals surface area contributed by atoms with Gasteiger partial charge in [0, 0.05) is 49.3 Å². The topological polar surface area (TPSA) is 66.0 Å². The van der Waals surface area contributed by atoms with Crippen molar-refractivity contribution in [2.24, 2.45) is 4.99 Å². The second kappa shape index (κ2) is 12.7. The van der Waals surface area contributed by atoms with Crippen molar-refractivity contribution >= 4 is 57.5 Å². The van der Waals surface area contributed by atoms with Crippen LogP contribution >= 0.6 is 39.9 Å². The van der Waals surface area contributed by atoms with Crippen molar-refractivity contribution in [3.63, 3.8) is 0 Å². The lowest BCUT2D eigenvalue weighted by Gasteiger charge is -2.23. The average Bonchev–Trinajstić information content (AvgIpc) is 2.67. The number of aryl methyl sites for hydroxylation is 1. The smallest absolute Gasteiger partial charge is 0.226 e. The van der Waals surface area contributed by atoms with E-state index in [0.29, 0.717) is 19.5 Å². The molecule has 2 rings (SSSR count). The van der Waals surface area contributed by atoms with Gasteiger partial charge in [0.05, 0.1) is 7.11 Å². The first-order valence-electron chi connectivity index (χ1n) is 9.04. The number of hydrogen-bond acceptors (Lipinski definition) is 3. The highest BCUT2D eigenvalue weighted by Crippen LogP contribution is 2.20. The lowest BCUT2D eigenvalue weighted by molar-refractivity contribution is -0.116. The number of aliphatic imine (C=N–C) groups is 1. The highest BCUT2D eigenvalue weighted by atomic mass is 127. The molecule has 0 spiro atoms. The molecule has 2 aromatic rings. The molecule has 29 heavy (non-hydrogen) atoms. The molecule has 0 fully saturated rings. The zero-order chi connectivity index (χ0) is 20.5. The van der Waals surface area contributed by atoms with Crippen molar-refractivity contribution in [3.05, 3.63) is 58.1 Å². The molecule has 0 saturated carbocycles. The van der Waals surface area contributed by atoms with E-state index in [2.05, 4.69) is 31.6 Å². The first kappa shape index (κ1) is 25.2. The number of anilines is 1. The maximum absolute atomic E-state index is 12.2. The minimum atomic E-state index is -0.0410. The first-order chi connectivity index (χ1) is 13.4. The van der Waals surface area contributed by atoms with E-state index in [4.69, 9.17) is 4.74 Å². The van der Waals surface area contributed by atoms with Crippen LogP contribution in [0.5, 0.6) is 5.75 Å². The van der Waals surface area contributed by atoms with Gasteiger partial charge in [-0.1, -0.05) is 34.1 Å². The number of carbonyl (C=O) groups is 1. The van der Waals surface area contributed by atoms with Crippen molar-refractivity contribution in [1.82, 2.24) is 10.2 Å². The van der Waals surface area contributed by atoms with Crippen molar-refractivity contribution in [3.8, 4) is 5.75 Å². The molecule has 0 heterocycles. The van der Waals surface area contributed by atoms with E-state index < -0.39 is 0 Å². The number of halogens is 2. The van der Waals surface area contributed by atoms with E-state index >= 15 is 0 Å². The number of amides is 1. The standard InChI is InChI=1S/C21H27BrN4O2.HI/c1-15-13-17(22)9-10-18(15)25-20(27)11-12-24-21(23-2)26(3)14-16-7-5-6-8-19(16)28-4;/h5-10,13H,11-12,14H2,1-4H3,(H,23,24)(H,25,27);1H. The largest absolute Gasteiger partial charge is 0.496 e. The Hall–Kier alpha value is -1.81. The maximum Gasteiger partial charge on any atom is 0.226 e. The Morgan fingerprint density at radius 2 is 1.97 bits per heavy atom. The third-order valence-electron chi connectivity index (χ3n) is 4.27. The molecular weight excluding hydrogens is 547 g/mol. The molecule has 0 atom stereocenters. The quantitative estimate of drug-likeness (QED) is 0.292. The summed E-state index contributed by atoms with van der Waals surface area (Å²) >= 11 is 3.43. The molecule has 2 N–H and O–H groups in total. The van der Waals surface area contributed by atoms with Gasteiger partial charge in [0.2, 0.25) is 5.91 Å². The van der Waals surface area contributed by atoms with Gasteiger partial charge in [-0.25, -0.2) is 0 Å². The van der Waals surface area contributed by atoms with Gasteiger partial charge in [-0.05, 0) is 36.8 Å². The zero-order valence-corrected chi connectivity index (χ0v) is 21.1. The van der Waals surface area contributed by atoms with E-state index in [1.165, 1.54) is 0 Å². The van der Waals surface area contributed by atoms with E-state index in [0.717, 1.165) is 33.0 Å². The minimum Gasteiger partial charge on any atom is -0.496 e. The SMILES string of the molecule is CN=C(NCCC(=O)Nc1ccc(Br)cc1C)N(C)Cc1ccccc1OC.I. The molecule has 0 aliphatic rings. The summed E-state index contributed by atoms with van der Waals surface area (Å²) in [6.07, 6.45) is 0.344.